The summed E-state index contributed by atoms with van der Waals surface area (Å²) in [4.78, 5) is 12.8. The van der Waals surface area contributed by atoms with Crippen molar-refractivity contribution in [2.24, 2.45) is 0 Å². The highest BCUT2D eigenvalue weighted by Crippen LogP contribution is 2.24. The van der Waals surface area contributed by atoms with E-state index in [0.29, 0.717) is 17.1 Å². The summed E-state index contributed by atoms with van der Waals surface area (Å²) in [5, 5.41) is 9.18. The SMILES string of the molecule is COc1ccc(OCC(=O)N(C)C)c(CO)c1. The Labute approximate surface area is 101 Å². The quantitative estimate of drug-likeness (QED) is 0.819. The molecule has 1 aromatic carbocycles. The molecule has 0 atom stereocenters. The van der Waals surface area contributed by atoms with Crippen LogP contribution in [0.1, 0.15) is 5.56 Å². The average molecular weight is 239 g/mol. The van der Waals surface area contributed by atoms with Crippen LogP contribution in [0.2, 0.25) is 0 Å². The van der Waals surface area contributed by atoms with Crippen LogP contribution in [0.15, 0.2) is 18.2 Å². The van der Waals surface area contributed by atoms with Crippen molar-refractivity contribution in [3.8, 4) is 11.5 Å². The van der Waals surface area contributed by atoms with Gasteiger partial charge in [-0.25, -0.2) is 0 Å². The molecule has 0 aliphatic rings. The van der Waals surface area contributed by atoms with Crippen LogP contribution >= 0.6 is 0 Å². The van der Waals surface area contributed by atoms with Gasteiger partial charge in [-0.05, 0) is 18.2 Å². The first kappa shape index (κ1) is 13.3. The summed E-state index contributed by atoms with van der Waals surface area (Å²) in [6.07, 6.45) is 0. The smallest absolute Gasteiger partial charge is 0.259 e. The molecule has 17 heavy (non-hydrogen) atoms. The molecule has 0 unspecified atom stereocenters. The number of hydrogen-bond acceptors (Lipinski definition) is 4. The third-order valence-corrected chi connectivity index (χ3v) is 2.29. The summed E-state index contributed by atoms with van der Waals surface area (Å²) < 4.78 is 10.4. The van der Waals surface area contributed by atoms with E-state index in [4.69, 9.17) is 9.47 Å². The van der Waals surface area contributed by atoms with Crippen molar-refractivity contribution in [3.05, 3.63) is 23.8 Å². The second kappa shape index (κ2) is 6.10. The number of likely N-dealkylation sites (N-methyl/N-ethyl adjacent to an activating group) is 1. The van der Waals surface area contributed by atoms with Gasteiger partial charge in [0.1, 0.15) is 11.5 Å². The van der Waals surface area contributed by atoms with Crippen LogP contribution in [-0.2, 0) is 11.4 Å². The van der Waals surface area contributed by atoms with Gasteiger partial charge >= 0.3 is 0 Å². The Morgan fingerprint density at radius 1 is 1.41 bits per heavy atom. The zero-order chi connectivity index (χ0) is 12.8. The van der Waals surface area contributed by atoms with E-state index in [9.17, 15) is 9.90 Å². The molecule has 0 aliphatic carbocycles. The molecular weight excluding hydrogens is 222 g/mol. The minimum absolute atomic E-state index is 0.0493. The van der Waals surface area contributed by atoms with Gasteiger partial charge in [0.15, 0.2) is 6.61 Å². The molecule has 0 heterocycles. The Balaban J connectivity index is 2.74. The van der Waals surface area contributed by atoms with Crippen molar-refractivity contribution in [2.75, 3.05) is 27.8 Å². The number of rotatable bonds is 5. The summed E-state index contributed by atoms with van der Waals surface area (Å²) >= 11 is 0. The van der Waals surface area contributed by atoms with Crippen molar-refractivity contribution < 1.29 is 19.4 Å². The normalized spacial score (nSPS) is 9.88. The lowest BCUT2D eigenvalue weighted by molar-refractivity contribution is -0.130. The molecule has 0 saturated carbocycles. The second-order valence-electron chi connectivity index (χ2n) is 3.71. The van der Waals surface area contributed by atoms with Crippen LogP contribution in [-0.4, -0.2) is 43.7 Å². The first-order valence-electron chi connectivity index (χ1n) is 5.19. The molecule has 0 fully saturated rings. The molecule has 0 bridgehead atoms. The van der Waals surface area contributed by atoms with Gasteiger partial charge in [-0.15, -0.1) is 0 Å². The summed E-state index contributed by atoms with van der Waals surface area (Å²) in [5.41, 5.74) is 0.593. The van der Waals surface area contributed by atoms with Gasteiger partial charge in [0, 0.05) is 19.7 Å². The van der Waals surface area contributed by atoms with Gasteiger partial charge in [0.25, 0.3) is 5.91 Å². The maximum absolute atomic E-state index is 11.4. The molecule has 0 aliphatic heterocycles. The standard InChI is InChI=1S/C12H17NO4/c1-13(2)12(15)8-17-11-5-4-10(16-3)6-9(11)7-14/h4-6,14H,7-8H2,1-3H3. The number of aliphatic hydroxyl groups excluding tert-OH is 1. The van der Waals surface area contributed by atoms with E-state index >= 15 is 0 Å². The van der Waals surface area contributed by atoms with E-state index in [0.717, 1.165) is 0 Å². The first-order chi connectivity index (χ1) is 8.08. The maximum Gasteiger partial charge on any atom is 0.259 e. The van der Waals surface area contributed by atoms with Crippen molar-refractivity contribution in [1.29, 1.82) is 0 Å². The minimum Gasteiger partial charge on any atom is -0.497 e. The van der Waals surface area contributed by atoms with Crippen LogP contribution in [0.25, 0.3) is 0 Å². The lowest BCUT2D eigenvalue weighted by atomic mass is 10.2. The molecular formula is C12H17NO4. The lowest BCUT2D eigenvalue weighted by Gasteiger charge is -2.13. The van der Waals surface area contributed by atoms with Gasteiger partial charge in [-0.2, -0.15) is 0 Å². The molecule has 0 radical (unpaired) electrons. The van der Waals surface area contributed by atoms with E-state index in [-0.39, 0.29) is 19.1 Å². The number of nitrogens with zero attached hydrogens (tertiary/aromatic N) is 1. The van der Waals surface area contributed by atoms with Gasteiger partial charge in [-0.3, -0.25) is 4.79 Å². The van der Waals surface area contributed by atoms with E-state index in [1.165, 1.54) is 4.90 Å². The third-order valence-electron chi connectivity index (χ3n) is 2.29. The number of amides is 1. The van der Waals surface area contributed by atoms with E-state index in [1.54, 1.807) is 39.4 Å². The van der Waals surface area contributed by atoms with Crippen LogP contribution < -0.4 is 9.47 Å². The minimum atomic E-state index is -0.164. The van der Waals surface area contributed by atoms with Gasteiger partial charge in [-0.1, -0.05) is 0 Å². The van der Waals surface area contributed by atoms with E-state index < -0.39 is 0 Å². The predicted octanol–water partition coefficient (Wildman–Crippen LogP) is 0.654. The van der Waals surface area contributed by atoms with Gasteiger partial charge in [0.2, 0.25) is 0 Å². The fourth-order valence-corrected chi connectivity index (χ4v) is 1.22. The van der Waals surface area contributed by atoms with Gasteiger partial charge < -0.3 is 19.5 Å². The number of carbonyl (C=O) groups is 1. The average Bonchev–Trinajstić information content (AvgIpc) is 2.35. The fraction of sp³-hybridized carbons (Fsp3) is 0.417. The topological polar surface area (TPSA) is 59.0 Å². The highest BCUT2D eigenvalue weighted by molar-refractivity contribution is 5.77. The molecule has 1 N–H and O–H groups in total. The molecule has 5 heteroatoms. The van der Waals surface area contributed by atoms with E-state index in [1.807, 2.05) is 0 Å². The van der Waals surface area contributed by atoms with Crippen molar-refractivity contribution >= 4 is 5.91 Å². The van der Waals surface area contributed by atoms with Crippen molar-refractivity contribution in [3.63, 3.8) is 0 Å². The largest absolute Gasteiger partial charge is 0.497 e. The number of ether oxygens (including phenoxy) is 2. The van der Waals surface area contributed by atoms with Crippen molar-refractivity contribution in [1.82, 2.24) is 4.90 Å². The molecule has 5 nitrogen and oxygen atoms in total. The zero-order valence-corrected chi connectivity index (χ0v) is 10.3. The monoisotopic (exact) mass is 239 g/mol. The maximum atomic E-state index is 11.4. The fourth-order valence-electron chi connectivity index (χ4n) is 1.22. The van der Waals surface area contributed by atoms with Crippen LogP contribution in [0.5, 0.6) is 11.5 Å². The molecule has 1 rings (SSSR count). The van der Waals surface area contributed by atoms with E-state index in [2.05, 4.69) is 0 Å². The molecule has 0 aromatic heterocycles. The summed E-state index contributed by atoms with van der Waals surface area (Å²) in [6, 6.07) is 5.07. The van der Waals surface area contributed by atoms with Crippen molar-refractivity contribution in [2.45, 2.75) is 6.61 Å². The molecule has 0 saturated heterocycles. The summed E-state index contributed by atoms with van der Waals surface area (Å²) in [7, 11) is 4.87. The Hall–Kier alpha value is -1.75. The number of methoxy groups -OCH3 is 1. The number of carbonyl (C=O) groups excluding carboxylic acids is 1. The molecule has 0 spiro atoms. The van der Waals surface area contributed by atoms with Gasteiger partial charge in [0.05, 0.1) is 13.7 Å². The molecule has 1 amide bonds. The Bertz CT molecular complexity index is 390. The second-order valence-corrected chi connectivity index (χ2v) is 3.71. The molecule has 94 valence electrons. The van der Waals surface area contributed by atoms with Crippen LogP contribution in [0.3, 0.4) is 0 Å². The third kappa shape index (κ3) is 3.64. The van der Waals surface area contributed by atoms with Crippen LogP contribution in [0, 0.1) is 0 Å². The highest BCUT2D eigenvalue weighted by Gasteiger charge is 2.08. The Morgan fingerprint density at radius 2 is 2.12 bits per heavy atom. The zero-order valence-electron chi connectivity index (χ0n) is 10.3. The van der Waals surface area contributed by atoms with Crippen LogP contribution in [0.4, 0.5) is 0 Å². The number of aliphatic hydroxyl groups is 1. The first-order valence-corrected chi connectivity index (χ1v) is 5.19. The number of benzene rings is 1. The summed E-state index contributed by atoms with van der Waals surface area (Å²) in [6.45, 7) is -0.213. The lowest BCUT2D eigenvalue weighted by Crippen LogP contribution is -2.27. The molecule has 1 aromatic rings. The highest BCUT2D eigenvalue weighted by atomic mass is 16.5. The summed E-state index contributed by atoms with van der Waals surface area (Å²) in [5.74, 6) is 0.994. The number of hydrogen-bond donors (Lipinski definition) is 1. The Morgan fingerprint density at radius 3 is 2.65 bits per heavy atom. The predicted molar refractivity (Wildman–Crippen MR) is 63.1 cm³/mol. The Kier molecular flexibility index (Phi) is 4.78.